The first-order valence-corrected chi connectivity index (χ1v) is 10.9. The Hall–Kier alpha value is -3.45. The normalized spacial score (nSPS) is 10.9. The predicted molar refractivity (Wildman–Crippen MR) is 124 cm³/mol. The molecule has 156 valence electrons. The molecular formula is C24H22N4O2S. The minimum absolute atomic E-state index is 0.126. The molecule has 0 aliphatic heterocycles. The number of pyridine rings is 1. The van der Waals surface area contributed by atoms with Crippen LogP contribution in [0.5, 0.6) is 0 Å². The van der Waals surface area contributed by atoms with Crippen LogP contribution in [0.3, 0.4) is 0 Å². The minimum atomic E-state index is -0.204. The van der Waals surface area contributed by atoms with Gasteiger partial charge in [0.25, 0.3) is 5.56 Å². The fourth-order valence-corrected chi connectivity index (χ4v) is 4.02. The topological polar surface area (TPSA) is 76.9 Å². The number of rotatable bonds is 6. The molecular weight excluding hydrogens is 408 g/mol. The third kappa shape index (κ3) is 4.67. The average Bonchev–Trinajstić information content (AvgIpc) is 2.78. The number of thioether (sulfide) groups is 1. The van der Waals surface area contributed by atoms with Crippen molar-refractivity contribution in [2.24, 2.45) is 0 Å². The number of para-hydroxylation sites is 1. The Morgan fingerprint density at radius 1 is 1.03 bits per heavy atom. The van der Waals surface area contributed by atoms with Crippen molar-refractivity contribution < 1.29 is 4.79 Å². The van der Waals surface area contributed by atoms with Crippen LogP contribution in [0.1, 0.15) is 16.7 Å². The van der Waals surface area contributed by atoms with E-state index in [1.165, 1.54) is 16.3 Å². The molecule has 1 N–H and O–H groups in total. The minimum Gasteiger partial charge on any atom is -0.351 e. The number of aromatic nitrogens is 3. The lowest BCUT2D eigenvalue weighted by atomic mass is 10.1. The van der Waals surface area contributed by atoms with Gasteiger partial charge >= 0.3 is 0 Å². The smallest absolute Gasteiger partial charge is 0.267 e. The fourth-order valence-electron chi connectivity index (χ4n) is 3.19. The van der Waals surface area contributed by atoms with Gasteiger partial charge in [0.15, 0.2) is 5.16 Å². The van der Waals surface area contributed by atoms with E-state index in [1.54, 1.807) is 24.4 Å². The van der Waals surface area contributed by atoms with Crippen LogP contribution in [0.2, 0.25) is 0 Å². The monoisotopic (exact) mass is 430 g/mol. The summed E-state index contributed by atoms with van der Waals surface area (Å²) in [6, 6.07) is 18.8. The van der Waals surface area contributed by atoms with Crippen LogP contribution < -0.4 is 10.9 Å². The van der Waals surface area contributed by atoms with Crippen molar-refractivity contribution in [2.75, 3.05) is 5.75 Å². The highest BCUT2D eigenvalue weighted by Crippen LogP contribution is 2.20. The number of hydrogen-bond acceptors (Lipinski definition) is 5. The van der Waals surface area contributed by atoms with Crippen LogP contribution in [0, 0.1) is 13.8 Å². The van der Waals surface area contributed by atoms with E-state index in [0.29, 0.717) is 28.4 Å². The van der Waals surface area contributed by atoms with Crippen molar-refractivity contribution in [3.63, 3.8) is 0 Å². The SMILES string of the molecule is Cc1ccc(-n2c(SCC(=O)NCc3ccccc3C)nc3ccccc3c2=O)nc1. The standard InChI is InChI=1S/C24H22N4O2S/c1-16-11-12-21(25-13-16)28-23(30)19-9-5-6-10-20(19)27-24(28)31-15-22(29)26-14-18-8-4-3-7-17(18)2/h3-13H,14-15H2,1-2H3,(H,26,29). The Morgan fingerprint density at radius 3 is 2.58 bits per heavy atom. The van der Waals surface area contributed by atoms with Crippen molar-refractivity contribution in [1.82, 2.24) is 19.9 Å². The van der Waals surface area contributed by atoms with E-state index in [2.05, 4.69) is 15.3 Å². The molecule has 4 aromatic rings. The summed E-state index contributed by atoms with van der Waals surface area (Å²) in [6.07, 6.45) is 1.71. The Bertz CT molecular complexity index is 1300. The van der Waals surface area contributed by atoms with Crippen LogP contribution in [-0.2, 0) is 11.3 Å². The van der Waals surface area contributed by atoms with E-state index in [4.69, 9.17) is 0 Å². The predicted octanol–water partition coefficient (Wildman–Crippen LogP) is 3.81. The van der Waals surface area contributed by atoms with Gasteiger partial charge in [0.1, 0.15) is 5.82 Å². The summed E-state index contributed by atoms with van der Waals surface area (Å²) >= 11 is 1.22. The number of nitrogens with one attached hydrogen (secondary N) is 1. The number of benzene rings is 2. The van der Waals surface area contributed by atoms with Gasteiger partial charge in [0.05, 0.1) is 16.7 Å². The maximum Gasteiger partial charge on any atom is 0.267 e. The zero-order chi connectivity index (χ0) is 21.8. The van der Waals surface area contributed by atoms with E-state index in [0.717, 1.165) is 16.7 Å². The van der Waals surface area contributed by atoms with Gasteiger partial charge < -0.3 is 5.32 Å². The van der Waals surface area contributed by atoms with Crippen LogP contribution in [-0.4, -0.2) is 26.2 Å². The Balaban J connectivity index is 1.59. The maximum absolute atomic E-state index is 13.2. The van der Waals surface area contributed by atoms with Crippen molar-refractivity contribution in [3.8, 4) is 5.82 Å². The lowest BCUT2D eigenvalue weighted by Crippen LogP contribution is -2.26. The van der Waals surface area contributed by atoms with Crippen LogP contribution in [0.25, 0.3) is 16.7 Å². The Morgan fingerprint density at radius 2 is 1.81 bits per heavy atom. The Labute approximate surface area is 184 Å². The molecule has 0 aliphatic rings. The summed E-state index contributed by atoms with van der Waals surface area (Å²) in [5, 5.41) is 3.89. The van der Waals surface area contributed by atoms with Gasteiger partial charge in [-0.1, -0.05) is 54.2 Å². The molecule has 2 heterocycles. The molecule has 1 amide bonds. The van der Waals surface area contributed by atoms with E-state index in [9.17, 15) is 9.59 Å². The molecule has 7 heteroatoms. The van der Waals surface area contributed by atoms with Gasteiger partial charge in [0, 0.05) is 12.7 Å². The van der Waals surface area contributed by atoms with E-state index < -0.39 is 0 Å². The van der Waals surface area contributed by atoms with Gasteiger partial charge in [-0.2, -0.15) is 0 Å². The first-order chi connectivity index (χ1) is 15.0. The molecule has 0 bridgehead atoms. The maximum atomic E-state index is 13.2. The van der Waals surface area contributed by atoms with Crippen molar-refractivity contribution in [2.45, 2.75) is 25.5 Å². The van der Waals surface area contributed by atoms with Gasteiger partial charge in [0.2, 0.25) is 5.91 Å². The molecule has 0 unspecified atom stereocenters. The molecule has 2 aromatic carbocycles. The summed E-state index contributed by atoms with van der Waals surface area (Å²) in [5.41, 5.74) is 3.59. The summed E-state index contributed by atoms with van der Waals surface area (Å²) in [6.45, 7) is 4.42. The van der Waals surface area contributed by atoms with Gasteiger partial charge in [-0.15, -0.1) is 0 Å². The zero-order valence-corrected chi connectivity index (χ0v) is 18.1. The van der Waals surface area contributed by atoms with Crippen LogP contribution in [0.15, 0.2) is 76.8 Å². The molecule has 0 fully saturated rings. The van der Waals surface area contributed by atoms with Gasteiger partial charge in [-0.3, -0.25) is 9.59 Å². The third-order valence-electron chi connectivity index (χ3n) is 4.94. The third-order valence-corrected chi connectivity index (χ3v) is 5.88. The Kier molecular flexibility index (Phi) is 6.13. The summed E-state index contributed by atoms with van der Waals surface area (Å²) < 4.78 is 1.47. The van der Waals surface area contributed by atoms with E-state index in [-0.39, 0.29) is 17.2 Å². The van der Waals surface area contributed by atoms with Gasteiger partial charge in [-0.25, -0.2) is 14.5 Å². The number of nitrogens with zero attached hydrogens (tertiary/aromatic N) is 3. The number of fused-ring (bicyclic) bond motifs is 1. The number of hydrogen-bond donors (Lipinski definition) is 1. The highest BCUT2D eigenvalue weighted by atomic mass is 32.2. The largest absolute Gasteiger partial charge is 0.351 e. The number of aryl methyl sites for hydroxylation is 2. The second-order valence-corrected chi connectivity index (χ2v) is 8.18. The lowest BCUT2D eigenvalue weighted by Gasteiger charge is -2.13. The molecule has 0 radical (unpaired) electrons. The molecule has 0 spiro atoms. The summed E-state index contributed by atoms with van der Waals surface area (Å²) in [4.78, 5) is 34.7. The quantitative estimate of drug-likeness (QED) is 0.372. The summed E-state index contributed by atoms with van der Waals surface area (Å²) in [7, 11) is 0. The molecule has 31 heavy (non-hydrogen) atoms. The zero-order valence-electron chi connectivity index (χ0n) is 17.3. The van der Waals surface area contributed by atoms with Crippen molar-refractivity contribution >= 4 is 28.6 Å². The highest BCUT2D eigenvalue weighted by Gasteiger charge is 2.15. The average molecular weight is 431 g/mol. The highest BCUT2D eigenvalue weighted by molar-refractivity contribution is 7.99. The second kappa shape index (κ2) is 9.14. The molecule has 6 nitrogen and oxygen atoms in total. The first kappa shape index (κ1) is 20.8. The number of carbonyl (C=O) groups is 1. The fraction of sp³-hybridized carbons (Fsp3) is 0.167. The van der Waals surface area contributed by atoms with Crippen molar-refractivity contribution in [1.29, 1.82) is 0 Å². The lowest BCUT2D eigenvalue weighted by molar-refractivity contribution is -0.118. The first-order valence-electron chi connectivity index (χ1n) is 9.92. The molecule has 0 saturated carbocycles. The summed E-state index contributed by atoms with van der Waals surface area (Å²) in [5.74, 6) is 0.499. The van der Waals surface area contributed by atoms with E-state index in [1.807, 2.05) is 56.3 Å². The second-order valence-electron chi connectivity index (χ2n) is 7.24. The van der Waals surface area contributed by atoms with Gasteiger partial charge in [-0.05, 0) is 48.7 Å². The molecule has 0 aliphatic carbocycles. The number of amides is 1. The molecule has 0 atom stereocenters. The molecule has 2 aromatic heterocycles. The van der Waals surface area contributed by atoms with E-state index >= 15 is 0 Å². The van der Waals surface area contributed by atoms with Crippen LogP contribution in [0.4, 0.5) is 0 Å². The van der Waals surface area contributed by atoms with Crippen LogP contribution >= 0.6 is 11.8 Å². The van der Waals surface area contributed by atoms with Crippen molar-refractivity contribution in [3.05, 3.63) is 93.9 Å². The molecule has 4 rings (SSSR count). The number of carbonyl (C=O) groups excluding carboxylic acids is 1. The molecule has 0 saturated heterocycles.